The van der Waals surface area contributed by atoms with Gasteiger partial charge in [0.15, 0.2) is 6.10 Å². The zero-order valence-corrected chi connectivity index (χ0v) is 21.7. The van der Waals surface area contributed by atoms with E-state index in [0.717, 1.165) is 11.1 Å². The lowest BCUT2D eigenvalue weighted by Crippen LogP contribution is -2.51. The summed E-state index contributed by atoms with van der Waals surface area (Å²) in [5.41, 5.74) is 2.19. The Bertz CT molecular complexity index is 1360. The molecule has 1 atom stereocenters. The number of amides is 1. The number of ether oxygens (including phenoxy) is 3. The van der Waals surface area contributed by atoms with Gasteiger partial charge in [-0.2, -0.15) is 0 Å². The number of rotatable bonds is 8. The first-order valence-corrected chi connectivity index (χ1v) is 13.1. The predicted octanol–water partition coefficient (Wildman–Crippen LogP) is 4.12. The topological polar surface area (TPSA) is 94.2 Å². The molecular formula is C26H27ClN2O6S. The molecule has 10 heteroatoms. The Morgan fingerprint density at radius 1 is 1.08 bits per heavy atom. The van der Waals surface area contributed by atoms with Crippen molar-refractivity contribution in [3.63, 3.8) is 0 Å². The third-order valence-electron chi connectivity index (χ3n) is 5.74. The van der Waals surface area contributed by atoms with E-state index in [-0.39, 0.29) is 24.6 Å². The van der Waals surface area contributed by atoms with Crippen molar-refractivity contribution in [1.82, 2.24) is 5.32 Å². The number of fused-ring (bicyclic) bond motifs is 1. The number of nitrogens with one attached hydrogen (secondary N) is 1. The molecule has 8 nitrogen and oxygen atoms in total. The maximum atomic E-state index is 13.6. The Balaban J connectivity index is 1.48. The predicted molar refractivity (Wildman–Crippen MR) is 138 cm³/mol. The summed E-state index contributed by atoms with van der Waals surface area (Å²) in [6, 6.07) is 16.7. The van der Waals surface area contributed by atoms with Crippen molar-refractivity contribution in [2.24, 2.45) is 0 Å². The number of halogens is 1. The highest BCUT2D eigenvalue weighted by atomic mass is 35.5. The van der Waals surface area contributed by atoms with E-state index < -0.39 is 22.0 Å². The molecule has 1 N–H and O–H groups in total. The number of hydrogen-bond acceptors (Lipinski definition) is 6. The maximum Gasteiger partial charge on any atom is 0.264 e. The first-order valence-electron chi connectivity index (χ1n) is 11.3. The summed E-state index contributed by atoms with van der Waals surface area (Å²) >= 11 is 6.11. The molecule has 1 amide bonds. The van der Waals surface area contributed by atoms with Crippen LogP contribution in [0.3, 0.4) is 0 Å². The van der Waals surface area contributed by atoms with Crippen molar-refractivity contribution in [1.29, 1.82) is 0 Å². The summed E-state index contributed by atoms with van der Waals surface area (Å²) in [5.74, 6) is 1.01. The van der Waals surface area contributed by atoms with Gasteiger partial charge >= 0.3 is 0 Å². The molecule has 0 spiro atoms. The van der Waals surface area contributed by atoms with Gasteiger partial charge in [0.2, 0.25) is 0 Å². The van der Waals surface area contributed by atoms with E-state index in [2.05, 4.69) is 5.32 Å². The normalized spacial score (nSPS) is 15.0. The molecule has 36 heavy (non-hydrogen) atoms. The second-order valence-corrected chi connectivity index (χ2v) is 10.6. The minimum Gasteiger partial charge on any atom is -0.497 e. The van der Waals surface area contributed by atoms with Crippen LogP contribution in [0.5, 0.6) is 17.2 Å². The Morgan fingerprint density at radius 2 is 1.81 bits per heavy atom. The van der Waals surface area contributed by atoms with Crippen LogP contribution in [0.15, 0.2) is 65.6 Å². The van der Waals surface area contributed by atoms with Crippen LogP contribution in [0.1, 0.15) is 11.1 Å². The van der Waals surface area contributed by atoms with Crippen molar-refractivity contribution in [2.45, 2.75) is 24.8 Å². The molecule has 0 saturated carbocycles. The van der Waals surface area contributed by atoms with Gasteiger partial charge in [0, 0.05) is 5.02 Å². The van der Waals surface area contributed by atoms with Crippen LogP contribution >= 0.6 is 11.6 Å². The fraction of sp³-hybridized carbons (Fsp3) is 0.269. The van der Waals surface area contributed by atoms with Crippen LogP contribution < -0.4 is 23.8 Å². The molecule has 1 aliphatic rings. The van der Waals surface area contributed by atoms with E-state index in [4.69, 9.17) is 25.8 Å². The van der Waals surface area contributed by atoms with Crippen molar-refractivity contribution < 1.29 is 27.4 Å². The van der Waals surface area contributed by atoms with Crippen LogP contribution in [0.2, 0.25) is 5.02 Å². The summed E-state index contributed by atoms with van der Waals surface area (Å²) in [6.07, 6.45) is -1.04. The number of carbonyl (C=O) groups excluding carboxylic acids is 1. The first-order chi connectivity index (χ1) is 17.2. The summed E-state index contributed by atoms with van der Waals surface area (Å²) in [4.78, 5) is 13.0. The van der Waals surface area contributed by atoms with Gasteiger partial charge in [0.05, 0.1) is 30.8 Å². The summed E-state index contributed by atoms with van der Waals surface area (Å²) < 4.78 is 45.0. The van der Waals surface area contributed by atoms with Gasteiger partial charge in [0.25, 0.3) is 15.9 Å². The fourth-order valence-corrected chi connectivity index (χ4v) is 5.36. The Hall–Kier alpha value is -3.43. The Morgan fingerprint density at radius 3 is 2.50 bits per heavy atom. The summed E-state index contributed by atoms with van der Waals surface area (Å²) in [7, 11) is -2.46. The number of sulfonamides is 1. The molecule has 0 aromatic heterocycles. The minimum atomic E-state index is -3.97. The lowest BCUT2D eigenvalue weighted by Gasteiger charge is -2.35. The van der Waals surface area contributed by atoms with Crippen LogP contribution in [0.25, 0.3) is 0 Å². The maximum absolute atomic E-state index is 13.6. The van der Waals surface area contributed by atoms with E-state index in [1.54, 1.807) is 42.5 Å². The first kappa shape index (κ1) is 25.7. The highest BCUT2D eigenvalue weighted by Gasteiger charge is 2.37. The molecule has 190 valence electrons. The number of nitrogens with zero attached hydrogens (tertiary/aromatic N) is 1. The van der Waals surface area contributed by atoms with Crippen molar-refractivity contribution in [2.75, 3.05) is 31.1 Å². The second kappa shape index (κ2) is 10.7. The monoisotopic (exact) mass is 530 g/mol. The molecule has 1 heterocycles. The van der Waals surface area contributed by atoms with E-state index >= 15 is 0 Å². The van der Waals surface area contributed by atoms with Gasteiger partial charge < -0.3 is 19.5 Å². The molecule has 3 aromatic rings. The second-order valence-electron chi connectivity index (χ2n) is 8.34. The minimum absolute atomic E-state index is 0.0852. The quantitative estimate of drug-likeness (QED) is 0.440. The number of carbonyl (C=O) groups is 1. The lowest BCUT2D eigenvalue weighted by molar-refractivity contribution is -0.127. The van der Waals surface area contributed by atoms with Crippen LogP contribution in [0, 0.1) is 13.8 Å². The van der Waals surface area contributed by atoms with Gasteiger partial charge in [-0.1, -0.05) is 23.7 Å². The van der Waals surface area contributed by atoms with Crippen LogP contribution in [-0.2, 0) is 14.8 Å². The third-order valence-corrected chi connectivity index (χ3v) is 7.94. The summed E-state index contributed by atoms with van der Waals surface area (Å²) in [6.45, 7) is 4.00. The Kier molecular flexibility index (Phi) is 7.61. The lowest BCUT2D eigenvalue weighted by atomic mass is 10.1. The van der Waals surface area contributed by atoms with E-state index in [9.17, 15) is 13.2 Å². The van der Waals surface area contributed by atoms with Gasteiger partial charge in [-0.25, -0.2) is 8.42 Å². The third kappa shape index (κ3) is 5.52. The van der Waals surface area contributed by atoms with Crippen molar-refractivity contribution in [3.8, 4) is 17.2 Å². The SMILES string of the molecule is COc1ccc(S(=O)(=O)N2CC(C(=O)NCCOc3ccc(C)c(Cl)c3)Oc3ccc(C)cc32)cc1. The molecule has 0 radical (unpaired) electrons. The van der Waals surface area contributed by atoms with E-state index in [1.165, 1.54) is 23.5 Å². The smallest absolute Gasteiger partial charge is 0.264 e. The Labute approximate surface area is 215 Å². The molecule has 0 bridgehead atoms. The average molecular weight is 531 g/mol. The van der Waals surface area contributed by atoms with Gasteiger partial charge in [0.1, 0.15) is 23.9 Å². The highest BCUT2D eigenvalue weighted by molar-refractivity contribution is 7.92. The zero-order valence-electron chi connectivity index (χ0n) is 20.2. The molecule has 0 aliphatic carbocycles. The molecule has 4 rings (SSSR count). The largest absolute Gasteiger partial charge is 0.497 e. The van der Waals surface area contributed by atoms with Crippen LogP contribution in [-0.4, -0.2) is 47.2 Å². The summed E-state index contributed by atoms with van der Waals surface area (Å²) in [5, 5.41) is 3.35. The standard InChI is InChI=1S/C26H27ClN2O6S/c1-17-4-11-24-23(14-17)29(36(31,32)21-9-7-19(33-3)8-10-21)16-25(35-24)26(30)28-12-13-34-20-6-5-18(2)22(27)15-20/h4-11,14-15,25H,12-13,16H2,1-3H3,(H,28,30). The molecule has 3 aromatic carbocycles. The van der Waals surface area contributed by atoms with Crippen molar-refractivity contribution in [3.05, 3.63) is 76.8 Å². The van der Waals surface area contributed by atoms with Gasteiger partial charge in [-0.3, -0.25) is 9.10 Å². The van der Waals surface area contributed by atoms with Crippen LogP contribution in [0.4, 0.5) is 5.69 Å². The van der Waals surface area contributed by atoms with Gasteiger partial charge in [-0.05, 0) is 73.5 Å². The van der Waals surface area contributed by atoms with Crippen molar-refractivity contribution >= 4 is 33.2 Å². The molecule has 1 aliphatic heterocycles. The molecule has 1 unspecified atom stereocenters. The number of aryl methyl sites for hydroxylation is 2. The average Bonchev–Trinajstić information content (AvgIpc) is 2.87. The highest BCUT2D eigenvalue weighted by Crippen LogP contribution is 2.38. The number of benzene rings is 3. The number of methoxy groups -OCH3 is 1. The molecular weight excluding hydrogens is 504 g/mol. The zero-order chi connectivity index (χ0) is 25.9. The fourth-order valence-electron chi connectivity index (χ4n) is 3.72. The molecule has 0 fully saturated rings. The van der Waals surface area contributed by atoms with Gasteiger partial charge in [-0.15, -0.1) is 0 Å². The number of anilines is 1. The number of hydrogen-bond donors (Lipinski definition) is 1. The van der Waals surface area contributed by atoms with E-state index in [1.807, 2.05) is 19.9 Å². The van der Waals surface area contributed by atoms with E-state index in [0.29, 0.717) is 28.0 Å². The molecule has 0 saturated heterocycles.